The highest BCUT2D eigenvalue weighted by atomic mass is 16.7. The van der Waals surface area contributed by atoms with Crippen molar-refractivity contribution >= 4 is 5.97 Å². The molecule has 2 atom stereocenters. The summed E-state index contributed by atoms with van der Waals surface area (Å²) in [4.78, 5) is 11.7. The molecule has 32 heavy (non-hydrogen) atoms. The van der Waals surface area contributed by atoms with Gasteiger partial charge in [0.05, 0.1) is 12.5 Å². The molecule has 0 saturated heterocycles. The topological polar surface area (TPSA) is 111 Å². The van der Waals surface area contributed by atoms with Crippen molar-refractivity contribution in [2.24, 2.45) is 0 Å². The highest BCUT2D eigenvalue weighted by molar-refractivity contribution is 5.68. The van der Waals surface area contributed by atoms with Gasteiger partial charge in [-0.1, -0.05) is 49.2 Å². The van der Waals surface area contributed by atoms with E-state index in [2.05, 4.69) is 27.8 Å². The summed E-state index contributed by atoms with van der Waals surface area (Å²) in [7, 11) is 0. The van der Waals surface area contributed by atoms with Gasteiger partial charge in [-0.15, -0.1) is 5.10 Å². The predicted octanol–water partition coefficient (Wildman–Crippen LogP) is 3.41. The van der Waals surface area contributed by atoms with E-state index in [9.17, 15) is 9.90 Å². The van der Waals surface area contributed by atoms with Gasteiger partial charge in [0.2, 0.25) is 6.79 Å². The lowest BCUT2D eigenvalue weighted by atomic mass is 9.98. The van der Waals surface area contributed by atoms with Crippen LogP contribution in [0.15, 0.2) is 42.5 Å². The minimum atomic E-state index is -0.890. The van der Waals surface area contributed by atoms with Crippen LogP contribution in [0.4, 0.5) is 0 Å². The average Bonchev–Trinajstić information content (AvgIpc) is 3.43. The second-order valence-electron chi connectivity index (χ2n) is 7.89. The van der Waals surface area contributed by atoms with Crippen molar-refractivity contribution in [1.29, 1.82) is 0 Å². The number of hydrogen-bond acceptors (Lipinski definition) is 7. The number of tetrazole rings is 1. The minimum absolute atomic E-state index is 0.0823. The quantitative estimate of drug-likeness (QED) is 0.496. The summed E-state index contributed by atoms with van der Waals surface area (Å²) in [6, 6.07) is 12.6. The Morgan fingerprint density at radius 2 is 2.03 bits per heavy atom. The molecule has 4 rings (SSSR count). The monoisotopic (exact) mass is 437 g/mol. The summed E-state index contributed by atoms with van der Waals surface area (Å²) in [5.41, 5.74) is 2.82. The molecule has 0 spiro atoms. The van der Waals surface area contributed by atoms with E-state index in [1.54, 1.807) is 4.68 Å². The van der Waals surface area contributed by atoms with Gasteiger partial charge in [-0.3, -0.25) is 10.1 Å². The number of aryl methyl sites for hydroxylation is 2. The van der Waals surface area contributed by atoms with Crippen LogP contribution < -0.4 is 14.8 Å². The number of unbranched alkanes of at least 4 members (excludes halogenated alkanes) is 1. The summed E-state index contributed by atoms with van der Waals surface area (Å²) in [6.07, 6.45) is 1.86. The molecule has 0 radical (unpaired) electrons. The van der Waals surface area contributed by atoms with Crippen LogP contribution in [0.5, 0.6) is 11.5 Å². The Kier molecular flexibility index (Phi) is 6.65. The number of benzene rings is 2. The van der Waals surface area contributed by atoms with Gasteiger partial charge in [-0.05, 0) is 47.0 Å². The zero-order chi connectivity index (χ0) is 22.5. The molecule has 2 unspecified atom stereocenters. The number of aliphatic carboxylic acids is 1. The lowest BCUT2D eigenvalue weighted by molar-refractivity contribution is -0.137. The van der Waals surface area contributed by atoms with Crippen LogP contribution in [0.25, 0.3) is 0 Å². The van der Waals surface area contributed by atoms with Crippen LogP contribution >= 0.6 is 0 Å². The summed E-state index contributed by atoms with van der Waals surface area (Å²) >= 11 is 0. The van der Waals surface area contributed by atoms with E-state index in [0.29, 0.717) is 23.9 Å². The van der Waals surface area contributed by atoms with Gasteiger partial charge in [-0.25, -0.2) is 4.68 Å². The van der Waals surface area contributed by atoms with Gasteiger partial charge in [0.15, 0.2) is 17.3 Å². The van der Waals surface area contributed by atoms with E-state index in [0.717, 1.165) is 29.5 Å². The molecule has 2 aromatic carbocycles. The lowest BCUT2D eigenvalue weighted by Gasteiger charge is -2.25. The number of nitrogens with zero attached hydrogens (tertiary/aromatic N) is 4. The average molecular weight is 438 g/mol. The Morgan fingerprint density at radius 3 is 2.81 bits per heavy atom. The maximum Gasteiger partial charge on any atom is 0.305 e. The highest BCUT2D eigenvalue weighted by Gasteiger charge is 2.28. The fraction of sp³-hybridized carbons (Fsp3) is 0.391. The first-order chi connectivity index (χ1) is 15.5. The number of rotatable bonds is 10. The Hall–Kier alpha value is -3.46. The van der Waals surface area contributed by atoms with E-state index in [1.165, 1.54) is 0 Å². The number of carbonyl (C=O) groups is 1. The SMILES string of the molecule is CCCCn1nnnc1C(NC(CC(=O)O)c1cccc(C)c1)c1ccc2c(c1)OCO2. The first kappa shape index (κ1) is 21.8. The van der Waals surface area contributed by atoms with Crippen LogP contribution in [0.1, 0.15) is 60.8 Å². The molecule has 9 heteroatoms. The van der Waals surface area contributed by atoms with Gasteiger partial charge in [0.1, 0.15) is 0 Å². The number of aromatic nitrogens is 4. The van der Waals surface area contributed by atoms with E-state index in [-0.39, 0.29) is 13.2 Å². The normalized spacial score (nSPS) is 14.3. The Morgan fingerprint density at radius 1 is 1.19 bits per heavy atom. The van der Waals surface area contributed by atoms with E-state index in [1.807, 2.05) is 49.4 Å². The Bertz CT molecular complexity index is 1080. The maximum atomic E-state index is 11.7. The Labute approximate surface area is 186 Å². The van der Waals surface area contributed by atoms with E-state index in [4.69, 9.17) is 9.47 Å². The van der Waals surface area contributed by atoms with Crippen molar-refractivity contribution in [1.82, 2.24) is 25.5 Å². The third-order valence-electron chi connectivity index (χ3n) is 5.46. The minimum Gasteiger partial charge on any atom is -0.481 e. The fourth-order valence-corrected chi connectivity index (χ4v) is 3.83. The van der Waals surface area contributed by atoms with Gasteiger partial charge >= 0.3 is 5.97 Å². The molecule has 2 N–H and O–H groups in total. The number of nitrogens with one attached hydrogen (secondary N) is 1. The molecule has 0 fully saturated rings. The van der Waals surface area contributed by atoms with Crippen LogP contribution in [-0.4, -0.2) is 38.1 Å². The largest absolute Gasteiger partial charge is 0.481 e. The number of ether oxygens (including phenoxy) is 2. The van der Waals surface area contributed by atoms with Crippen LogP contribution in [0, 0.1) is 6.92 Å². The molecule has 1 aliphatic heterocycles. The number of fused-ring (bicyclic) bond motifs is 1. The molecule has 2 heterocycles. The number of hydrogen-bond donors (Lipinski definition) is 2. The molecule has 1 aliphatic rings. The van der Waals surface area contributed by atoms with Gasteiger partial charge in [0.25, 0.3) is 0 Å². The van der Waals surface area contributed by atoms with E-state index < -0.39 is 18.1 Å². The molecule has 1 aromatic heterocycles. The third-order valence-corrected chi connectivity index (χ3v) is 5.46. The molecule has 168 valence electrons. The molecular formula is C23H27N5O4. The van der Waals surface area contributed by atoms with Crippen LogP contribution in [0.2, 0.25) is 0 Å². The van der Waals surface area contributed by atoms with Crippen molar-refractivity contribution in [3.63, 3.8) is 0 Å². The third kappa shape index (κ3) is 4.88. The molecule has 0 saturated carbocycles. The standard InChI is InChI=1S/C23H27N5O4/c1-3-4-10-28-23(25-26-27-28)22(17-8-9-19-20(12-17)32-14-31-19)24-18(13-21(29)30)16-7-5-6-15(2)11-16/h5-9,11-12,18,22,24H,3-4,10,13-14H2,1-2H3,(H,29,30). The maximum absolute atomic E-state index is 11.7. The van der Waals surface area contributed by atoms with Crippen molar-refractivity contribution < 1.29 is 19.4 Å². The summed E-state index contributed by atoms with van der Waals surface area (Å²) in [6.45, 7) is 4.95. The van der Waals surface area contributed by atoms with Gasteiger partial charge in [-0.2, -0.15) is 0 Å². The Balaban J connectivity index is 1.74. The molecule has 0 aliphatic carbocycles. The molecule has 0 amide bonds. The van der Waals surface area contributed by atoms with E-state index >= 15 is 0 Å². The predicted molar refractivity (Wildman–Crippen MR) is 116 cm³/mol. The first-order valence-corrected chi connectivity index (χ1v) is 10.7. The summed E-state index contributed by atoms with van der Waals surface area (Å²) in [5, 5.41) is 25.5. The second kappa shape index (κ2) is 9.78. The van der Waals surface area contributed by atoms with Gasteiger partial charge < -0.3 is 14.6 Å². The highest BCUT2D eigenvalue weighted by Crippen LogP contribution is 2.36. The van der Waals surface area contributed by atoms with Crippen molar-refractivity contribution in [2.75, 3.05) is 6.79 Å². The zero-order valence-corrected chi connectivity index (χ0v) is 18.2. The molecule has 9 nitrogen and oxygen atoms in total. The molecular weight excluding hydrogens is 410 g/mol. The summed E-state index contributed by atoms with van der Waals surface area (Å²) in [5.74, 6) is 1.06. The fourth-order valence-electron chi connectivity index (χ4n) is 3.83. The second-order valence-corrected chi connectivity index (χ2v) is 7.89. The smallest absolute Gasteiger partial charge is 0.305 e. The number of carboxylic acid groups (broad SMARTS) is 1. The lowest BCUT2D eigenvalue weighted by Crippen LogP contribution is -2.31. The summed E-state index contributed by atoms with van der Waals surface area (Å²) < 4.78 is 12.8. The molecule has 0 bridgehead atoms. The van der Waals surface area contributed by atoms with Crippen molar-refractivity contribution in [3.8, 4) is 11.5 Å². The first-order valence-electron chi connectivity index (χ1n) is 10.7. The zero-order valence-electron chi connectivity index (χ0n) is 18.2. The molecule has 3 aromatic rings. The van der Waals surface area contributed by atoms with Crippen molar-refractivity contribution in [2.45, 2.75) is 51.7 Å². The van der Waals surface area contributed by atoms with Crippen LogP contribution in [0.3, 0.4) is 0 Å². The van der Waals surface area contributed by atoms with Gasteiger partial charge in [0, 0.05) is 12.6 Å². The number of carboxylic acids is 1. The van der Waals surface area contributed by atoms with Crippen molar-refractivity contribution in [3.05, 3.63) is 65.0 Å². The van der Waals surface area contributed by atoms with Crippen LogP contribution in [-0.2, 0) is 11.3 Å².